The fourth-order valence-electron chi connectivity index (χ4n) is 3.60. The van der Waals surface area contributed by atoms with Crippen LogP contribution in [0.4, 0.5) is 16.6 Å². The van der Waals surface area contributed by atoms with E-state index in [1.165, 1.54) is 29.0 Å². The van der Waals surface area contributed by atoms with Crippen molar-refractivity contribution in [3.8, 4) is 5.69 Å². The lowest BCUT2D eigenvalue weighted by Gasteiger charge is -2.34. The number of hydrogen-bond donors (Lipinski definition) is 0. The number of nitrogens with zero attached hydrogens (tertiary/aromatic N) is 6. The molecule has 1 aliphatic heterocycles. The molecule has 1 aromatic carbocycles. The average Bonchev–Trinajstić information content (AvgIpc) is 2.78. The zero-order chi connectivity index (χ0) is 24.6. The van der Waals surface area contributed by atoms with Gasteiger partial charge in [-0.3, -0.25) is 9.36 Å². The highest BCUT2D eigenvalue weighted by Crippen LogP contribution is 2.28. The van der Waals surface area contributed by atoms with Crippen LogP contribution in [0.15, 0.2) is 41.3 Å². The molecule has 0 N–H and O–H groups in total. The normalized spacial score (nSPS) is 14.4. The second-order valence-corrected chi connectivity index (χ2v) is 9.25. The number of pyridine rings is 1. The van der Waals surface area contributed by atoms with Crippen molar-refractivity contribution < 1.29 is 14.5 Å². The molecule has 1 fully saturated rings. The molecule has 0 radical (unpaired) electrons. The standard InChI is InChI=1S/C22H23ClN6O5/c1-22(2,3)34-21(31)27-10-8-26(9-11-27)20-24-17-12-15(28-13-14(23)4-7-18(28)30)5-6-16(17)19(25-20)29(32)33/h4-7,12-13H,8-11H2,1-3H3. The van der Waals surface area contributed by atoms with Crippen LogP contribution in [0.2, 0.25) is 5.02 Å². The van der Waals surface area contributed by atoms with Gasteiger partial charge < -0.3 is 24.7 Å². The monoisotopic (exact) mass is 486 g/mol. The number of piperazine rings is 1. The van der Waals surface area contributed by atoms with E-state index in [-0.39, 0.29) is 22.7 Å². The maximum absolute atomic E-state index is 12.3. The van der Waals surface area contributed by atoms with E-state index in [9.17, 15) is 19.7 Å². The zero-order valence-electron chi connectivity index (χ0n) is 18.9. The number of benzene rings is 1. The van der Waals surface area contributed by atoms with Gasteiger partial charge in [0.1, 0.15) is 5.60 Å². The van der Waals surface area contributed by atoms with Gasteiger partial charge in [0.2, 0.25) is 0 Å². The third-order valence-corrected chi connectivity index (χ3v) is 5.41. The first-order valence-electron chi connectivity index (χ1n) is 10.6. The van der Waals surface area contributed by atoms with Gasteiger partial charge in [-0.1, -0.05) is 11.6 Å². The van der Waals surface area contributed by atoms with Gasteiger partial charge in [0.15, 0.2) is 0 Å². The van der Waals surface area contributed by atoms with Crippen molar-refractivity contribution >= 4 is 40.4 Å². The summed E-state index contributed by atoms with van der Waals surface area (Å²) < 4.78 is 6.75. The summed E-state index contributed by atoms with van der Waals surface area (Å²) in [4.78, 5) is 47.9. The smallest absolute Gasteiger partial charge is 0.410 e. The van der Waals surface area contributed by atoms with Gasteiger partial charge in [-0.25, -0.2) is 4.79 Å². The minimum atomic E-state index is -0.598. The Morgan fingerprint density at radius 1 is 1.12 bits per heavy atom. The van der Waals surface area contributed by atoms with Crippen LogP contribution in [-0.4, -0.2) is 62.2 Å². The van der Waals surface area contributed by atoms with Crippen LogP contribution in [0.3, 0.4) is 0 Å². The SMILES string of the molecule is CC(C)(C)OC(=O)N1CCN(c2nc([N+](=O)[O-])c3ccc(-n4cc(Cl)ccc4=O)cc3n2)CC1. The molecule has 0 atom stereocenters. The van der Waals surface area contributed by atoms with Gasteiger partial charge in [0.25, 0.3) is 5.56 Å². The third kappa shape index (κ3) is 4.93. The van der Waals surface area contributed by atoms with Crippen LogP contribution in [-0.2, 0) is 4.74 Å². The van der Waals surface area contributed by atoms with Crippen LogP contribution in [0.5, 0.6) is 0 Å². The van der Waals surface area contributed by atoms with Crippen molar-refractivity contribution in [2.24, 2.45) is 0 Å². The molecular formula is C22H23ClN6O5. The summed E-state index contributed by atoms with van der Waals surface area (Å²) in [5.74, 6) is -0.154. The van der Waals surface area contributed by atoms with Gasteiger partial charge in [0.05, 0.1) is 21.6 Å². The number of nitro groups is 1. The summed E-state index contributed by atoms with van der Waals surface area (Å²) in [6.45, 7) is 6.90. The first-order valence-corrected chi connectivity index (χ1v) is 11.0. The number of carbonyl (C=O) groups excluding carboxylic acids is 1. The summed E-state index contributed by atoms with van der Waals surface area (Å²) in [6.07, 6.45) is 1.06. The first-order chi connectivity index (χ1) is 16.0. The van der Waals surface area contributed by atoms with Crippen LogP contribution in [0.1, 0.15) is 20.8 Å². The number of amides is 1. The van der Waals surface area contributed by atoms with E-state index < -0.39 is 16.6 Å². The highest BCUT2D eigenvalue weighted by atomic mass is 35.5. The topological polar surface area (TPSA) is 124 Å². The number of carbonyl (C=O) groups is 1. The summed E-state index contributed by atoms with van der Waals surface area (Å²) in [5, 5.41) is 12.4. The number of ether oxygens (including phenoxy) is 1. The molecule has 34 heavy (non-hydrogen) atoms. The van der Waals surface area contributed by atoms with Gasteiger partial charge in [-0.2, -0.15) is 4.98 Å². The molecule has 1 aliphatic rings. The lowest BCUT2D eigenvalue weighted by Crippen LogP contribution is -2.50. The Labute approximate surface area is 199 Å². The third-order valence-electron chi connectivity index (χ3n) is 5.19. The Morgan fingerprint density at radius 2 is 1.82 bits per heavy atom. The van der Waals surface area contributed by atoms with Crippen LogP contribution >= 0.6 is 11.6 Å². The number of hydrogen-bond acceptors (Lipinski definition) is 8. The van der Waals surface area contributed by atoms with E-state index in [1.54, 1.807) is 42.7 Å². The molecule has 1 amide bonds. The highest BCUT2D eigenvalue weighted by molar-refractivity contribution is 6.30. The molecule has 1 saturated heterocycles. The highest BCUT2D eigenvalue weighted by Gasteiger charge is 2.29. The maximum Gasteiger partial charge on any atom is 0.410 e. The lowest BCUT2D eigenvalue weighted by molar-refractivity contribution is -0.387. The number of aromatic nitrogens is 3. The molecule has 0 spiro atoms. The van der Waals surface area contributed by atoms with Crippen molar-refractivity contribution in [1.29, 1.82) is 0 Å². The molecule has 11 nitrogen and oxygen atoms in total. The van der Waals surface area contributed by atoms with Gasteiger partial charge in [-0.05, 0) is 50.0 Å². The minimum Gasteiger partial charge on any atom is -0.444 e. The van der Waals surface area contributed by atoms with Crippen LogP contribution in [0.25, 0.3) is 16.6 Å². The fourth-order valence-corrected chi connectivity index (χ4v) is 3.76. The summed E-state index contributed by atoms with van der Waals surface area (Å²) in [6, 6.07) is 7.51. The number of fused-ring (bicyclic) bond motifs is 1. The zero-order valence-corrected chi connectivity index (χ0v) is 19.7. The second kappa shape index (κ2) is 8.90. The van der Waals surface area contributed by atoms with Crippen molar-refractivity contribution in [3.05, 3.63) is 62.0 Å². The molecule has 3 heterocycles. The molecule has 0 saturated carbocycles. The Kier molecular flexibility index (Phi) is 6.13. The molecular weight excluding hydrogens is 464 g/mol. The number of anilines is 1. The Morgan fingerprint density at radius 3 is 2.47 bits per heavy atom. The predicted molar refractivity (Wildman–Crippen MR) is 127 cm³/mol. The predicted octanol–water partition coefficient (Wildman–Crippen LogP) is 3.40. The quantitative estimate of drug-likeness (QED) is 0.407. The molecule has 0 unspecified atom stereocenters. The van der Waals surface area contributed by atoms with E-state index in [0.717, 1.165) is 0 Å². The maximum atomic E-state index is 12.3. The summed E-state index contributed by atoms with van der Waals surface area (Å²) in [7, 11) is 0. The molecule has 3 aromatic rings. The van der Waals surface area contributed by atoms with E-state index in [1.807, 2.05) is 0 Å². The fraction of sp³-hybridized carbons (Fsp3) is 0.364. The first kappa shape index (κ1) is 23.4. The van der Waals surface area contributed by atoms with Crippen molar-refractivity contribution in [3.63, 3.8) is 0 Å². The van der Waals surface area contributed by atoms with Crippen molar-refractivity contribution in [2.45, 2.75) is 26.4 Å². The van der Waals surface area contributed by atoms with E-state index in [2.05, 4.69) is 9.97 Å². The molecule has 0 bridgehead atoms. The van der Waals surface area contributed by atoms with E-state index in [0.29, 0.717) is 42.4 Å². The lowest BCUT2D eigenvalue weighted by atomic mass is 10.2. The minimum absolute atomic E-state index is 0.179. The second-order valence-electron chi connectivity index (χ2n) is 8.82. The Bertz CT molecular complexity index is 1330. The van der Waals surface area contributed by atoms with Crippen LogP contribution < -0.4 is 10.5 Å². The number of rotatable bonds is 3. The number of halogens is 1. The van der Waals surface area contributed by atoms with E-state index >= 15 is 0 Å². The van der Waals surface area contributed by atoms with Gasteiger partial charge in [-0.15, -0.1) is 0 Å². The summed E-state index contributed by atoms with van der Waals surface area (Å²) in [5.41, 5.74) is -0.117. The largest absolute Gasteiger partial charge is 0.444 e. The molecule has 12 heteroatoms. The van der Waals surface area contributed by atoms with Crippen molar-refractivity contribution in [2.75, 3.05) is 31.1 Å². The Balaban J connectivity index is 1.66. The van der Waals surface area contributed by atoms with Gasteiger partial charge >= 0.3 is 17.9 Å². The van der Waals surface area contributed by atoms with Crippen LogP contribution in [0, 0.1) is 10.1 Å². The molecule has 2 aromatic heterocycles. The summed E-state index contributed by atoms with van der Waals surface area (Å²) >= 11 is 6.03. The van der Waals surface area contributed by atoms with Gasteiger partial charge in [0, 0.05) is 43.4 Å². The molecule has 0 aliphatic carbocycles. The average molecular weight is 487 g/mol. The molecule has 4 rings (SSSR count). The Hall–Kier alpha value is -3.73. The van der Waals surface area contributed by atoms with Crippen molar-refractivity contribution in [1.82, 2.24) is 19.4 Å². The molecule has 178 valence electrons. The van der Waals surface area contributed by atoms with E-state index in [4.69, 9.17) is 16.3 Å².